The van der Waals surface area contributed by atoms with Crippen molar-refractivity contribution < 1.29 is 0 Å². The zero-order valence-corrected chi connectivity index (χ0v) is 11.3. The number of nitrogens with two attached hydrogens (primary N) is 1. The highest BCUT2D eigenvalue weighted by Crippen LogP contribution is 2.24. The Bertz CT molecular complexity index is 302. The molecule has 0 radical (unpaired) electrons. The SMILES string of the molecule is CCC(C)CC(N)c1cc(C)cc(Br)c1. The molecule has 0 bridgehead atoms. The standard InChI is InChI=1S/C13H20BrN/c1-4-9(2)7-13(15)11-5-10(3)6-12(14)8-11/h5-6,8-9,13H,4,7,15H2,1-3H3. The van der Waals surface area contributed by atoms with Crippen molar-refractivity contribution in [1.29, 1.82) is 0 Å². The van der Waals surface area contributed by atoms with E-state index in [9.17, 15) is 0 Å². The molecule has 0 aliphatic heterocycles. The Kier molecular flexibility index (Phi) is 4.81. The summed E-state index contributed by atoms with van der Waals surface area (Å²) in [4.78, 5) is 0. The lowest BCUT2D eigenvalue weighted by molar-refractivity contribution is 0.461. The van der Waals surface area contributed by atoms with Crippen LogP contribution in [0.5, 0.6) is 0 Å². The van der Waals surface area contributed by atoms with Crippen molar-refractivity contribution in [3.8, 4) is 0 Å². The van der Waals surface area contributed by atoms with Crippen LogP contribution in [-0.2, 0) is 0 Å². The molecule has 0 fully saturated rings. The molecule has 0 amide bonds. The topological polar surface area (TPSA) is 26.0 Å². The summed E-state index contributed by atoms with van der Waals surface area (Å²) in [6, 6.07) is 6.58. The van der Waals surface area contributed by atoms with Crippen LogP contribution < -0.4 is 5.73 Å². The van der Waals surface area contributed by atoms with E-state index in [4.69, 9.17) is 5.73 Å². The first kappa shape index (κ1) is 12.7. The van der Waals surface area contributed by atoms with Crippen LogP contribution in [0.3, 0.4) is 0 Å². The maximum absolute atomic E-state index is 6.19. The van der Waals surface area contributed by atoms with E-state index < -0.39 is 0 Å². The van der Waals surface area contributed by atoms with E-state index in [2.05, 4.69) is 54.9 Å². The van der Waals surface area contributed by atoms with E-state index in [-0.39, 0.29) is 6.04 Å². The first-order valence-electron chi connectivity index (χ1n) is 5.55. The van der Waals surface area contributed by atoms with Gasteiger partial charge in [0.1, 0.15) is 0 Å². The van der Waals surface area contributed by atoms with Gasteiger partial charge in [0.25, 0.3) is 0 Å². The summed E-state index contributed by atoms with van der Waals surface area (Å²) in [7, 11) is 0. The molecule has 2 N–H and O–H groups in total. The van der Waals surface area contributed by atoms with E-state index in [1.165, 1.54) is 17.5 Å². The van der Waals surface area contributed by atoms with Gasteiger partial charge in [0, 0.05) is 10.5 Å². The molecular weight excluding hydrogens is 250 g/mol. The van der Waals surface area contributed by atoms with Crippen LogP contribution >= 0.6 is 15.9 Å². The van der Waals surface area contributed by atoms with Crippen molar-refractivity contribution in [3.63, 3.8) is 0 Å². The van der Waals surface area contributed by atoms with E-state index in [0.29, 0.717) is 5.92 Å². The maximum atomic E-state index is 6.19. The van der Waals surface area contributed by atoms with Crippen molar-refractivity contribution in [2.75, 3.05) is 0 Å². The lowest BCUT2D eigenvalue weighted by Gasteiger charge is -2.17. The van der Waals surface area contributed by atoms with Crippen LogP contribution in [0, 0.1) is 12.8 Å². The predicted octanol–water partition coefficient (Wildman–Crippen LogP) is 4.19. The molecule has 1 aromatic rings. The number of hydrogen-bond donors (Lipinski definition) is 1. The fraction of sp³-hybridized carbons (Fsp3) is 0.538. The fourth-order valence-corrected chi connectivity index (χ4v) is 2.34. The second-order valence-corrected chi connectivity index (χ2v) is 5.33. The number of hydrogen-bond acceptors (Lipinski definition) is 1. The highest BCUT2D eigenvalue weighted by molar-refractivity contribution is 9.10. The fourth-order valence-electron chi connectivity index (χ4n) is 1.71. The third-order valence-corrected chi connectivity index (χ3v) is 3.30. The largest absolute Gasteiger partial charge is 0.324 e. The molecule has 0 aliphatic carbocycles. The molecule has 1 nitrogen and oxygen atoms in total. The van der Waals surface area contributed by atoms with Crippen LogP contribution in [0.15, 0.2) is 22.7 Å². The Hall–Kier alpha value is -0.340. The van der Waals surface area contributed by atoms with Crippen molar-refractivity contribution >= 4 is 15.9 Å². The minimum absolute atomic E-state index is 0.163. The van der Waals surface area contributed by atoms with Gasteiger partial charge in [-0.25, -0.2) is 0 Å². The van der Waals surface area contributed by atoms with Gasteiger partial charge in [-0.2, -0.15) is 0 Å². The molecule has 84 valence electrons. The van der Waals surface area contributed by atoms with Gasteiger partial charge in [0.2, 0.25) is 0 Å². The van der Waals surface area contributed by atoms with Crippen LogP contribution in [0.25, 0.3) is 0 Å². The lowest BCUT2D eigenvalue weighted by atomic mass is 9.94. The quantitative estimate of drug-likeness (QED) is 0.872. The van der Waals surface area contributed by atoms with Crippen molar-refractivity contribution in [3.05, 3.63) is 33.8 Å². The van der Waals surface area contributed by atoms with Gasteiger partial charge < -0.3 is 5.73 Å². The predicted molar refractivity (Wildman–Crippen MR) is 69.9 cm³/mol. The van der Waals surface area contributed by atoms with Gasteiger partial charge in [0.05, 0.1) is 0 Å². The summed E-state index contributed by atoms with van der Waals surface area (Å²) in [6.07, 6.45) is 2.26. The van der Waals surface area contributed by atoms with Crippen LogP contribution in [0.1, 0.15) is 43.9 Å². The molecule has 15 heavy (non-hydrogen) atoms. The third kappa shape index (κ3) is 3.96. The minimum Gasteiger partial charge on any atom is -0.324 e. The zero-order chi connectivity index (χ0) is 11.4. The number of benzene rings is 1. The van der Waals surface area contributed by atoms with Gasteiger partial charge in [-0.3, -0.25) is 0 Å². The monoisotopic (exact) mass is 269 g/mol. The van der Waals surface area contributed by atoms with E-state index in [0.717, 1.165) is 10.9 Å². The average molecular weight is 270 g/mol. The molecule has 0 saturated carbocycles. The molecule has 0 aliphatic rings. The third-order valence-electron chi connectivity index (χ3n) is 2.85. The van der Waals surface area contributed by atoms with Gasteiger partial charge in [-0.05, 0) is 42.5 Å². The summed E-state index contributed by atoms with van der Waals surface area (Å²) >= 11 is 3.51. The molecule has 2 unspecified atom stereocenters. The van der Waals surface area contributed by atoms with Gasteiger partial charge >= 0.3 is 0 Å². The van der Waals surface area contributed by atoms with Crippen LogP contribution in [0.4, 0.5) is 0 Å². The average Bonchev–Trinajstić information content (AvgIpc) is 2.16. The Labute approximate surface area is 101 Å². The van der Waals surface area contributed by atoms with Crippen LogP contribution in [-0.4, -0.2) is 0 Å². The molecular formula is C13H20BrN. The smallest absolute Gasteiger partial charge is 0.0297 e. The molecule has 0 heterocycles. The summed E-state index contributed by atoms with van der Waals surface area (Å²) in [5.74, 6) is 0.694. The van der Waals surface area contributed by atoms with Gasteiger partial charge in [0.15, 0.2) is 0 Å². The van der Waals surface area contributed by atoms with Gasteiger partial charge in [-0.15, -0.1) is 0 Å². The van der Waals surface area contributed by atoms with Crippen LogP contribution in [0.2, 0.25) is 0 Å². The number of rotatable bonds is 4. The summed E-state index contributed by atoms with van der Waals surface area (Å²) in [5, 5.41) is 0. The lowest BCUT2D eigenvalue weighted by Crippen LogP contribution is -2.14. The second-order valence-electron chi connectivity index (χ2n) is 4.42. The second kappa shape index (κ2) is 5.66. The molecule has 0 aromatic heterocycles. The summed E-state index contributed by atoms with van der Waals surface area (Å²) in [6.45, 7) is 6.57. The minimum atomic E-state index is 0.163. The van der Waals surface area contributed by atoms with Gasteiger partial charge in [-0.1, -0.05) is 42.3 Å². The molecule has 1 aromatic carbocycles. The first-order valence-corrected chi connectivity index (χ1v) is 6.35. The Balaban J connectivity index is 2.77. The number of halogens is 1. The van der Waals surface area contributed by atoms with Crippen molar-refractivity contribution in [2.24, 2.45) is 11.7 Å². The number of aryl methyl sites for hydroxylation is 1. The highest BCUT2D eigenvalue weighted by Gasteiger charge is 2.10. The summed E-state index contributed by atoms with van der Waals surface area (Å²) in [5.41, 5.74) is 8.69. The summed E-state index contributed by atoms with van der Waals surface area (Å²) < 4.78 is 1.12. The Morgan fingerprint density at radius 2 is 2.00 bits per heavy atom. The van der Waals surface area contributed by atoms with E-state index >= 15 is 0 Å². The van der Waals surface area contributed by atoms with Crippen molar-refractivity contribution in [2.45, 2.75) is 39.7 Å². The zero-order valence-electron chi connectivity index (χ0n) is 9.76. The Morgan fingerprint density at radius 1 is 1.33 bits per heavy atom. The van der Waals surface area contributed by atoms with E-state index in [1.54, 1.807) is 0 Å². The molecule has 1 rings (SSSR count). The molecule has 0 saturated heterocycles. The Morgan fingerprint density at radius 3 is 2.53 bits per heavy atom. The first-order chi connectivity index (χ1) is 7.02. The maximum Gasteiger partial charge on any atom is 0.0297 e. The molecule has 2 atom stereocenters. The molecule has 0 spiro atoms. The normalized spacial score (nSPS) is 15.0. The van der Waals surface area contributed by atoms with E-state index in [1.807, 2.05) is 0 Å². The molecule has 2 heteroatoms. The van der Waals surface area contributed by atoms with Crippen molar-refractivity contribution in [1.82, 2.24) is 0 Å². The highest BCUT2D eigenvalue weighted by atomic mass is 79.9.